The lowest BCUT2D eigenvalue weighted by Crippen LogP contribution is -2.12. The molecule has 0 aliphatic rings. The summed E-state index contributed by atoms with van der Waals surface area (Å²) >= 11 is 0. The van der Waals surface area contributed by atoms with Gasteiger partial charge in [-0.05, 0) is 5.56 Å². The predicted molar refractivity (Wildman–Crippen MR) is 68.3 cm³/mol. The first-order chi connectivity index (χ1) is 9.59. The van der Waals surface area contributed by atoms with Gasteiger partial charge in [0.05, 0.1) is 10.5 Å². The summed E-state index contributed by atoms with van der Waals surface area (Å²) in [4.78, 5) is 25.0. The Morgan fingerprint density at radius 1 is 1.30 bits per heavy atom. The molecular weight excluding hydrogens is 264 g/mol. The van der Waals surface area contributed by atoms with Crippen molar-refractivity contribution in [3.8, 4) is 0 Å². The summed E-state index contributed by atoms with van der Waals surface area (Å²) in [6.07, 6.45) is -0.108. The van der Waals surface area contributed by atoms with Crippen molar-refractivity contribution in [3.05, 3.63) is 70.0 Å². The Hall–Kier alpha value is -2.96. The number of nitrogens with zero attached hydrogens (tertiary/aromatic N) is 2. The van der Waals surface area contributed by atoms with E-state index in [2.05, 4.69) is 4.98 Å². The first kappa shape index (κ1) is 13.5. The summed E-state index contributed by atoms with van der Waals surface area (Å²) < 4.78 is 4.79. The van der Waals surface area contributed by atoms with Gasteiger partial charge >= 0.3 is 6.16 Å². The fraction of sp³-hybridized carbons (Fsp3) is 0.0769. The van der Waals surface area contributed by atoms with Crippen LogP contribution >= 0.6 is 0 Å². The fourth-order valence-corrected chi connectivity index (χ4v) is 1.81. The number of carbonyl (C=O) groups is 1. The van der Waals surface area contributed by atoms with Gasteiger partial charge in [-0.2, -0.15) is 0 Å². The number of aromatic nitrogens is 1. The standard InChI is InChI=1S/C13H10N2O5/c16-13(17)20-12(9-4-2-1-3-5-9)10-8-14-7-6-11(10)15(18)19/h1-8,12H,(H,16,17). The quantitative estimate of drug-likeness (QED) is 0.522. The van der Waals surface area contributed by atoms with E-state index in [9.17, 15) is 14.9 Å². The monoisotopic (exact) mass is 274 g/mol. The second kappa shape index (κ2) is 5.79. The summed E-state index contributed by atoms with van der Waals surface area (Å²) in [7, 11) is 0. The highest BCUT2D eigenvalue weighted by molar-refractivity contribution is 5.59. The van der Waals surface area contributed by atoms with Gasteiger partial charge in [-0.15, -0.1) is 0 Å². The molecule has 1 unspecified atom stereocenters. The van der Waals surface area contributed by atoms with E-state index in [0.29, 0.717) is 5.56 Å². The summed E-state index contributed by atoms with van der Waals surface area (Å²) in [5.74, 6) is 0. The molecule has 0 saturated carbocycles. The number of carboxylic acid groups (broad SMARTS) is 1. The van der Waals surface area contributed by atoms with E-state index in [1.165, 1.54) is 18.5 Å². The molecule has 0 aliphatic carbocycles. The van der Waals surface area contributed by atoms with Crippen LogP contribution in [0.15, 0.2) is 48.8 Å². The average molecular weight is 274 g/mol. The Bertz CT molecular complexity index is 630. The zero-order valence-electron chi connectivity index (χ0n) is 10.2. The van der Waals surface area contributed by atoms with Gasteiger partial charge in [0.25, 0.3) is 5.69 Å². The first-order valence-electron chi connectivity index (χ1n) is 5.62. The topological polar surface area (TPSA) is 103 Å². The van der Waals surface area contributed by atoms with E-state index < -0.39 is 17.2 Å². The number of ether oxygens (including phenoxy) is 1. The third-order valence-corrected chi connectivity index (χ3v) is 2.63. The van der Waals surface area contributed by atoms with Crippen molar-refractivity contribution in [1.82, 2.24) is 4.98 Å². The van der Waals surface area contributed by atoms with E-state index in [4.69, 9.17) is 9.84 Å². The molecule has 1 atom stereocenters. The predicted octanol–water partition coefficient (Wildman–Crippen LogP) is 2.77. The van der Waals surface area contributed by atoms with Crippen molar-refractivity contribution >= 4 is 11.8 Å². The van der Waals surface area contributed by atoms with Crippen molar-refractivity contribution in [3.63, 3.8) is 0 Å². The lowest BCUT2D eigenvalue weighted by atomic mass is 10.0. The van der Waals surface area contributed by atoms with Crippen LogP contribution in [0.1, 0.15) is 17.2 Å². The zero-order valence-corrected chi connectivity index (χ0v) is 10.2. The molecule has 1 heterocycles. The Labute approximate surface area is 113 Å². The van der Waals surface area contributed by atoms with Gasteiger partial charge in [0.1, 0.15) is 0 Å². The minimum absolute atomic E-state index is 0.0890. The van der Waals surface area contributed by atoms with Crippen LogP contribution in [0.4, 0.5) is 10.5 Å². The van der Waals surface area contributed by atoms with E-state index in [-0.39, 0.29) is 11.3 Å². The van der Waals surface area contributed by atoms with Gasteiger partial charge < -0.3 is 9.84 Å². The van der Waals surface area contributed by atoms with Crippen LogP contribution < -0.4 is 0 Å². The van der Waals surface area contributed by atoms with E-state index in [1.54, 1.807) is 30.3 Å². The van der Waals surface area contributed by atoms with Gasteiger partial charge in [0.2, 0.25) is 0 Å². The van der Waals surface area contributed by atoms with Gasteiger partial charge in [0.15, 0.2) is 6.10 Å². The number of hydrogen-bond acceptors (Lipinski definition) is 5. The van der Waals surface area contributed by atoms with E-state index in [0.717, 1.165) is 0 Å². The normalized spacial score (nSPS) is 11.6. The van der Waals surface area contributed by atoms with Crippen molar-refractivity contribution in [2.75, 3.05) is 0 Å². The summed E-state index contributed by atoms with van der Waals surface area (Å²) in [6.45, 7) is 0. The molecule has 20 heavy (non-hydrogen) atoms. The highest BCUT2D eigenvalue weighted by Gasteiger charge is 2.26. The maximum atomic E-state index is 11.0. The number of rotatable bonds is 4. The molecule has 2 aromatic rings. The molecule has 0 spiro atoms. The highest BCUT2D eigenvalue weighted by atomic mass is 16.7. The van der Waals surface area contributed by atoms with Crippen LogP contribution in [0.25, 0.3) is 0 Å². The summed E-state index contributed by atoms with van der Waals surface area (Å²) in [5.41, 5.74) is 0.340. The van der Waals surface area contributed by atoms with E-state index in [1.807, 2.05) is 0 Å². The van der Waals surface area contributed by atoms with Crippen LogP contribution in [0.3, 0.4) is 0 Å². The van der Waals surface area contributed by atoms with Gasteiger partial charge in [-0.25, -0.2) is 4.79 Å². The summed E-state index contributed by atoms with van der Waals surface area (Å²) in [6, 6.07) is 9.59. The lowest BCUT2D eigenvalue weighted by Gasteiger charge is -2.16. The Balaban J connectivity index is 2.52. The Kier molecular flexibility index (Phi) is 3.90. The fourth-order valence-electron chi connectivity index (χ4n) is 1.81. The molecule has 1 aromatic heterocycles. The molecule has 102 valence electrons. The molecule has 0 saturated heterocycles. The SMILES string of the molecule is O=C(O)OC(c1ccccc1)c1cnccc1[N+](=O)[O-]. The Morgan fingerprint density at radius 2 is 2.00 bits per heavy atom. The van der Waals surface area contributed by atoms with Gasteiger partial charge in [-0.3, -0.25) is 15.1 Å². The maximum absolute atomic E-state index is 11.0. The van der Waals surface area contributed by atoms with Crippen molar-refractivity contribution in [1.29, 1.82) is 0 Å². The second-order valence-electron chi connectivity index (χ2n) is 3.87. The third-order valence-electron chi connectivity index (χ3n) is 2.63. The lowest BCUT2D eigenvalue weighted by molar-refractivity contribution is -0.386. The average Bonchev–Trinajstić information content (AvgIpc) is 2.45. The van der Waals surface area contributed by atoms with Crippen LogP contribution in [0.5, 0.6) is 0 Å². The van der Waals surface area contributed by atoms with Crippen LogP contribution in [-0.4, -0.2) is 21.2 Å². The molecule has 0 radical (unpaired) electrons. The van der Waals surface area contributed by atoms with Gasteiger partial charge in [-0.1, -0.05) is 30.3 Å². The molecule has 0 amide bonds. The second-order valence-corrected chi connectivity index (χ2v) is 3.87. The molecule has 0 aliphatic heterocycles. The largest absolute Gasteiger partial charge is 0.506 e. The number of hydrogen-bond donors (Lipinski definition) is 1. The van der Waals surface area contributed by atoms with Crippen LogP contribution in [-0.2, 0) is 4.74 Å². The van der Waals surface area contributed by atoms with Crippen LogP contribution in [0.2, 0.25) is 0 Å². The number of nitro groups is 1. The minimum Gasteiger partial charge on any atom is -0.450 e. The van der Waals surface area contributed by atoms with Crippen LogP contribution in [0, 0.1) is 10.1 Å². The minimum atomic E-state index is -1.52. The van der Waals surface area contributed by atoms with Crippen molar-refractivity contribution < 1.29 is 19.6 Å². The Morgan fingerprint density at radius 3 is 2.60 bits per heavy atom. The van der Waals surface area contributed by atoms with Crippen molar-refractivity contribution in [2.24, 2.45) is 0 Å². The molecule has 0 fully saturated rings. The molecule has 1 aromatic carbocycles. The first-order valence-corrected chi connectivity index (χ1v) is 5.62. The van der Waals surface area contributed by atoms with E-state index >= 15 is 0 Å². The highest BCUT2D eigenvalue weighted by Crippen LogP contribution is 2.31. The smallest absolute Gasteiger partial charge is 0.450 e. The summed E-state index contributed by atoms with van der Waals surface area (Å²) in [5, 5.41) is 19.8. The number of pyridine rings is 1. The maximum Gasteiger partial charge on any atom is 0.506 e. The molecule has 7 nitrogen and oxygen atoms in total. The molecule has 1 N–H and O–H groups in total. The molecular formula is C13H10N2O5. The number of benzene rings is 1. The third kappa shape index (κ3) is 2.89. The molecule has 2 rings (SSSR count). The zero-order chi connectivity index (χ0) is 14.5. The van der Waals surface area contributed by atoms with Gasteiger partial charge in [0, 0.05) is 18.5 Å². The van der Waals surface area contributed by atoms with Crippen molar-refractivity contribution in [2.45, 2.75) is 6.10 Å². The molecule has 7 heteroatoms. The molecule has 0 bridgehead atoms.